The molecule has 0 saturated carbocycles. The Labute approximate surface area is 363 Å². The van der Waals surface area contributed by atoms with Gasteiger partial charge in [-0.1, -0.05) is 200 Å². The smallest absolute Gasteiger partial charge is 0.164 e. The molecule has 0 unspecified atom stereocenters. The van der Waals surface area contributed by atoms with Gasteiger partial charge < -0.3 is 0 Å². The molecule has 4 heteroatoms. The predicted molar refractivity (Wildman–Crippen MR) is 256 cm³/mol. The van der Waals surface area contributed by atoms with Gasteiger partial charge in [0.1, 0.15) is 0 Å². The number of rotatable bonds is 5. The van der Waals surface area contributed by atoms with Gasteiger partial charge in [-0.3, -0.25) is 0 Å². The Balaban J connectivity index is 1.06. The van der Waals surface area contributed by atoms with Crippen LogP contribution in [0.1, 0.15) is 22.3 Å². The van der Waals surface area contributed by atoms with Crippen LogP contribution in [0.25, 0.3) is 98.8 Å². The Morgan fingerprint density at radius 3 is 1.56 bits per heavy atom. The Bertz CT molecular complexity index is 3560. The van der Waals surface area contributed by atoms with Gasteiger partial charge in [-0.25, -0.2) is 15.0 Å². The van der Waals surface area contributed by atoms with Crippen LogP contribution < -0.4 is 0 Å². The molecular formula is C58H35N3S. The van der Waals surface area contributed by atoms with E-state index in [1.165, 1.54) is 70.2 Å². The first-order valence-electron chi connectivity index (χ1n) is 21.1. The van der Waals surface area contributed by atoms with Crippen molar-refractivity contribution in [1.29, 1.82) is 0 Å². The molecule has 0 saturated heterocycles. The zero-order valence-electron chi connectivity index (χ0n) is 33.5. The molecule has 0 aliphatic heterocycles. The van der Waals surface area contributed by atoms with E-state index in [1.54, 1.807) is 0 Å². The molecular weight excluding hydrogens is 771 g/mol. The molecule has 2 heterocycles. The SMILES string of the molecule is c1ccc(-c2ccccc2-c2nc(-c3cccc(-c4cccc5c4sc4ccccc45)c3)nc(-c3cccc4c3-c3ccccc3C43c4ccccc4-c4ccccc43)n2)cc1. The molecule has 1 spiro atoms. The molecule has 0 atom stereocenters. The number of thiophene rings is 1. The number of benzene rings is 9. The van der Waals surface area contributed by atoms with Gasteiger partial charge in [0, 0.05) is 36.9 Å². The summed E-state index contributed by atoms with van der Waals surface area (Å²) < 4.78 is 2.57. The summed E-state index contributed by atoms with van der Waals surface area (Å²) in [4.78, 5) is 16.3. The molecule has 3 nitrogen and oxygen atoms in total. The lowest BCUT2D eigenvalue weighted by Gasteiger charge is -2.30. The predicted octanol–water partition coefficient (Wildman–Crippen LogP) is 14.9. The summed E-state index contributed by atoms with van der Waals surface area (Å²) in [6, 6.07) is 76.5. The molecule has 0 bridgehead atoms. The van der Waals surface area contributed by atoms with Crippen molar-refractivity contribution in [3.8, 4) is 78.7 Å². The molecule has 0 fully saturated rings. The lowest BCUT2D eigenvalue weighted by molar-refractivity contribution is 0.794. The summed E-state index contributed by atoms with van der Waals surface area (Å²) in [6.07, 6.45) is 0. The van der Waals surface area contributed by atoms with Crippen LogP contribution in [-0.4, -0.2) is 15.0 Å². The molecule has 11 aromatic rings. The molecule has 62 heavy (non-hydrogen) atoms. The van der Waals surface area contributed by atoms with Crippen LogP contribution in [-0.2, 0) is 5.41 Å². The van der Waals surface area contributed by atoms with Gasteiger partial charge >= 0.3 is 0 Å². The standard InChI is InChI=1S/C58H35N3S/c1-2-17-36(18-3-1)39-21-4-5-25-45(39)56-59-55(38-20-14-19-37(35-38)40-27-15-28-44-43-24-9-13-34-52(43)62-54(40)44)60-57(61-56)47-29-16-33-51-53(47)46-26-8-12-32-50(46)58(51)48-30-10-6-22-41(48)42-23-7-11-31-49(42)58/h1-35H. The molecule has 288 valence electrons. The van der Waals surface area contributed by atoms with E-state index in [2.05, 4.69) is 212 Å². The second-order valence-electron chi connectivity index (χ2n) is 16.2. The number of hydrogen-bond acceptors (Lipinski definition) is 4. The van der Waals surface area contributed by atoms with Gasteiger partial charge in [0.05, 0.1) is 5.41 Å². The van der Waals surface area contributed by atoms with Crippen molar-refractivity contribution >= 4 is 31.5 Å². The fourth-order valence-electron chi connectivity index (χ4n) is 10.4. The van der Waals surface area contributed by atoms with Gasteiger partial charge in [0.15, 0.2) is 17.5 Å². The monoisotopic (exact) mass is 805 g/mol. The number of fused-ring (bicyclic) bond motifs is 13. The average Bonchev–Trinajstić information content (AvgIpc) is 3.99. The lowest BCUT2D eigenvalue weighted by Crippen LogP contribution is -2.25. The Hall–Kier alpha value is -7.79. The average molecular weight is 806 g/mol. The van der Waals surface area contributed by atoms with Crippen LogP contribution in [0.4, 0.5) is 0 Å². The summed E-state index contributed by atoms with van der Waals surface area (Å²) in [5.74, 6) is 1.91. The molecule has 2 aliphatic carbocycles. The van der Waals surface area contributed by atoms with Gasteiger partial charge in [0.2, 0.25) is 0 Å². The molecule has 13 rings (SSSR count). The first-order chi connectivity index (χ1) is 30.8. The van der Waals surface area contributed by atoms with Gasteiger partial charge in [0.25, 0.3) is 0 Å². The maximum absolute atomic E-state index is 5.47. The van der Waals surface area contributed by atoms with Crippen molar-refractivity contribution in [2.24, 2.45) is 0 Å². The van der Waals surface area contributed by atoms with E-state index in [1.807, 2.05) is 11.3 Å². The topological polar surface area (TPSA) is 38.7 Å². The first-order valence-corrected chi connectivity index (χ1v) is 21.9. The highest BCUT2D eigenvalue weighted by atomic mass is 32.1. The van der Waals surface area contributed by atoms with Crippen molar-refractivity contribution in [2.75, 3.05) is 0 Å². The van der Waals surface area contributed by atoms with Crippen LogP contribution in [0.2, 0.25) is 0 Å². The normalized spacial score (nSPS) is 13.0. The van der Waals surface area contributed by atoms with Crippen molar-refractivity contribution in [3.63, 3.8) is 0 Å². The van der Waals surface area contributed by atoms with Crippen molar-refractivity contribution in [1.82, 2.24) is 15.0 Å². The van der Waals surface area contributed by atoms with Crippen LogP contribution in [0, 0.1) is 0 Å². The summed E-state index contributed by atoms with van der Waals surface area (Å²) in [6.45, 7) is 0. The Morgan fingerprint density at radius 1 is 0.306 bits per heavy atom. The summed E-state index contributed by atoms with van der Waals surface area (Å²) in [5.41, 5.74) is 17.0. The van der Waals surface area contributed by atoms with Crippen LogP contribution >= 0.6 is 11.3 Å². The summed E-state index contributed by atoms with van der Waals surface area (Å²) >= 11 is 1.85. The third-order valence-corrected chi connectivity index (χ3v) is 14.2. The van der Waals surface area contributed by atoms with Crippen LogP contribution in [0.3, 0.4) is 0 Å². The summed E-state index contributed by atoms with van der Waals surface area (Å²) in [7, 11) is 0. The zero-order chi connectivity index (χ0) is 40.8. The third kappa shape index (κ3) is 5.02. The first kappa shape index (κ1) is 35.0. The highest BCUT2D eigenvalue weighted by Crippen LogP contribution is 2.63. The Kier molecular flexibility index (Phi) is 7.69. The highest BCUT2D eigenvalue weighted by Gasteiger charge is 2.52. The third-order valence-electron chi connectivity index (χ3n) is 13.0. The largest absolute Gasteiger partial charge is 0.208 e. The highest BCUT2D eigenvalue weighted by molar-refractivity contribution is 7.26. The minimum absolute atomic E-state index is 0.477. The van der Waals surface area contributed by atoms with E-state index in [0.717, 1.165) is 33.4 Å². The van der Waals surface area contributed by atoms with Crippen LogP contribution in [0.15, 0.2) is 212 Å². The van der Waals surface area contributed by atoms with E-state index >= 15 is 0 Å². The van der Waals surface area contributed by atoms with Crippen molar-refractivity contribution < 1.29 is 0 Å². The number of aromatic nitrogens is 3. The minimum atomic E-state index is -0.477. The summed E-state index contributed by atoms with van der Waals surface area (Å²) in [5, 5.41) is 2.57. The second-order valence-corrected chi connectivity index (χ2v) is 17.2. The van der Waals surface area contributed by atoms with E-state index < -0.39 is 5.41 Å². The maximum atomic E-state index is 5.47. The molecule has 0 radical (unpaired) electrons. The molecule has 2 aromatic heterocycles. The van der Waals surface area contributed by atoms with Crippen molar-refractivity contribution in [3.05, 3.63) is 235 Å². The molecule has 9 aromatic carbocycles. The molecule has 2 aliphatic rings. The fraction of sp³-hybridized carbons (Fsp3) is 0.0172. The van der Waals surface area contributed by atoms with Crippen molar-refractivity contribution in [2.45, 2.75) is 5.41 Å². The zero-order valence-corrected chi connectivity index (χ0v) is 34.3. The van der Waals surface area contributed by atoms with Crippen LogP contribution in [0.5, 0.6) is 0 Å². The number of hydrogen-bond donors (Lipinski definition) is 0. The fourth-order valence-corrected chi connectivity index (χ4v) is 11.7. The van der Waals surface area contributed by atoms with Gasteiger partial charge in [-0.15, -0.1) is 11.3 Å². The van der Waals surface area contributed by atoms with E-state index in [-0.39, 0.29) is 0 Å². The second kappa shape index (κ2) is 13.6. The Morgan fingerprint density at radius 2 is 0.790 bits per heavy atom. The minimum Gasteiger partial charge on any atom is -0.208 e. The van der Waals surface area contributed by atoms with E-state index in [9.17, 15) is 0 Å². The quantitative estimate of drug-likeness (QED) is 0.174. The van der Waals surface area contributed by atoms with Gasteiger partial charge in [-0.05, 0) is 78.9 Å². The van der Waals surface area contributed by atoms with E-state index in [4.69, 9.17) is 15.0 Å². The molecule has 0 N–H and O–H groups in total. The molecule has 0 amide bonds. The lowest BCUT2D eigenvalue weighted by atomic mass is 9.70. The van der Waals surface area contributed by atoms with E-state index in [0.29, 0.717) is 17.5 Å². The van der Waals surface area contributed by atoms with Gasteiger partial charge in [-0.2, -0.15) is 0 Å². The number of nitrogens with zero attached hydrogens (tertiary/aromatic N) is 3. The maximum Gasteiger partial charge on any atom is 0.164 e.